The van der Waals surface area contributed by atoms with Gasteiger partial charge in [-0.3, -0.25) is 19.2 Å². The summed E-state index contributed by atoms with van der Waals surface area (Å²) < 4.78 is 0. The Kier molecular flexibility index (Phi) is 8.55. The molecule has 0 aliphatic heterocycles. The van der Waals surface area contributed by atoms with Crippen molar-refractivity contribution in [1.29, 1.82) is 0 Å². The number of carboxylic acids is 2. The van der Waals surface area contributed by atoms with Crippen molar-refractivity contribution in [3.05, 3.63) is 18.2 Å². The lowest BCUT2D eigenvalue weighted by Crippen LogP contribution is -2.55. The molecule has 0 bridgehead atoms. The van der Waals surface area contributed by atoms with Crippen molar-refractivity contribution in [2.45, 2.75) is 43.8 Å². The van der Waals surface area contributed by atoms with Crippen LogP contribution in [0.25, 0.3) is 0 Å². The van der Waals surface area contributed by atoms with Crippen LogP contribution in [0.2, 0.25) is 0 Å². The van der Waals surface area contributed by atoms with Gasteiger partial charge in [0.2, 0.25) is 17.7 Å². The Bertz CT molecular complexity index is 720. The van der Waals surface area contributed by atoms with Crippen LogP contribution < -0.4 is 22.1 Å². The molecule has 1 rings (SSSR count). The van der Waals surface area contributed by atoms with E-state index in [-0.39, 0.29) is 19.3 Å². The number of hydrogen-bond acceptors (Lipinski definition) is 7. The number of nitrogens with two attached hydrogens (primary N) is 2. The molecule has 0 spiro atoms. The minimum Gasteiger partial charge on any atom is -0.481 e. The summed E-state index contributed by atoms with van der Waals surface area (Å²) >= 11 is 0. The molecule has 13 heteroatoms. The second-order valence-electron chi connectivity index (χ2n) is 5.95. The predicted octanol–water partition coefficient (Wildman–Crippen LogP) is -2.93. The third-order valence-electron chi connectivity index (χ3n) is 3.64. The van der Waals surface area contributed by atoms with E-state index in [2.05, 4.69) is 20.6 Å². The molecule has 28 heavy (non-hydrogen) atoms. The molecule has 9 N–H and O–H groups in total. The zero-order valence-electron chi connectivity index (χ0n) is 14.8. The lowest BCUT2D eigenvalue weighted by molar-refractivity contribution is -0.143. The van der Waals surface area contributed by atoms with E-state index in [0.29, 0.717) is 5.69 Å². The van der Waals surface area contributed by atoms with Crippen molar-refractivity contribution in [3.63, 3.8) is 0 Å². The smallest absolute Gasteiger partial charge is 0.326 e. The van der Waals surface area contributed by atoms with E-state index < -0.39 is 54.2 Å². The highest BCUT2D eigenvalue weighted by Gasteiger charge is 2.29. The number of carbonyl (C=O) groups excluding carboxylic acids is 3. The Morgan fingerprint density at radius 3 is 2.25 bits per heavy atom. The number of nitrogens with zero attached hydrogens (tertiary/aromatic N) is 1. The lowest BCUT2D eigenvalue weighted by atomic mass is 10.1. The zero-order valence-corrected chi connectivity index (χ0v) is 14.8. The summed E-state index contributed by atoms with van der Waals surface area (Å²) in [6.07, 6.45) is 1.51. The molecule has 0 aliphatic carbocycles. The monoisotopic (exact) mass is 398 g/mol. The molecule has 13 nitrogen and oxygen atoms in total. The highest BCUT2D eigenvalue weighted by Crippen LogP contribution is 2.02. The standard InChI is InChI=1S/C15H22N6O7/c16-8(3-7-5-18-6-19-7)13(25)21-10(4-12(23)24)14(26)20-9(15(27)28)1-2-11(17)22/h5-6,8-10H,1-4,16H2,(H2,17,22)(H,18,19)(H,20,26)(H,21,25)(H,23,24)(H,27,28)/t8-,9-,10-/m0/s1. The molecule has 1 aromatic heterocycles. The van der Waals surface area contributed by atoms with Gasteiger partial charge >= 0.3 is 11.9 Å². The fraction of sp³-hybridized carbons (Fsp3) is 0.467. The molecule has 0 saturated carbocycles. The first-order chi connectivity index (χ1) is 13.1. The first kappa shape index (κ1) is 22.6. The number of carboxylic acid groups (broad SMARTS) is 2. The van der Waals surface area contributed by atoms with Crippen LogP contribution in [-0.2, 0) is 30.4 Å². The number of imidazole rings is 1. The Morgan fingerprint density at radius 2 is 1.75 bits per heavy atom. The van der Waals surface area contributed by atoms with E-state index in [1.165, 1.54) is 12.5 Å². The molecule has 0 radical (unpaired) electrons. The summed E-state index contributed by atoms with van der Waals surface area (Å²) in [7, 11) is 0. The van der Waals surface area contributed by atoms with Crippen LogP contribution in [0.4, 0.5) is 0 Å². The van der Waals surface area contributed by atoms with Crippen molar-refractivity contribution in [3.8, 4) is 0 Å². The first-order valence-corrected chi connectivity index (χ1v) is 8.16. The van der Waals surface area contributed by atoms with Crippen molar-refractivity contribution < 1.29 is 34.2 Å². The normalized spacial score (nSPS) is 13.8. The number of carbonyl (C=O) groups is 5. The fourth-order valence-electron chi connectivity index (χ4n) is 2.20. The van der Waals surface area contributed by atoms with Crippen molar-refractivity contribution in [2.75, 3.05) is 0 Å². The molecule has 1 heterocycles. The van der Waals surface area contributed by atoms with Crippen molar-refractivity contribution in [2.24, 2.45) is 11.5 Å². The Balaban J connectivity index is 2.77. The van der Waals surface area contributed by atoms with Gasteiger partial charge in [-0.15, -0.1) is 0 Å². The van der Waals surface area contributed by atoms with Crippen LogP contribution in [0, 0.1) is 0 Å². The maximum absolute atomic E-state index is 12.3. The number of primary amides is 1. The molecule has 3 atom stereocenters. The molecule has 154 valence electrons. The Labute approximate surface area is 158 Å². The molecule has 0 aliphatic rings. The average molecular weight is 398 g/mol. The molecule has 3 amide bonds. The topological polar surface area (TPSA) is 231 Å². The second kappa shape index (κ2) is 10.6. The molecule has 0 saturated heterocycles. The van der Waals surface area contributed by atoms with E-state index in [1.807, 2.05) is 0 Å². The van der Waals surface area contributed by atoms with Gasteiger partial charge in [0, 0.05) is 24.7 Å². The SMILES string of the molecule is NC(=O)CC[C@H](NC(=O)[C@H](CC(=O)O)NC(=O)[C@@H](N)Cc1cnc[nH]1)C(=O)O. The quantitative estimate of drug-likeness (QED) is 0.191. The van der Waals surface area contributed by atoms with Crippen LogP contribution in [-0.4, -0.2) is 68.0 Å². The van der Waals surface area contributed by atoms with E-state index in [4.69, 9.17) is 21.7 Å². The number of aromatic amines is 1. The summed E-state index contributed by atoms with van der Waals surface area (Å²) in [6, 6.07) is -4.14. The number of aliphatic carboxylic acids is 2. The molecule has 1 aromatic rings. The first-order valence-electron chi connectivity index (χ1n) is 8.16. The van der Waals surface area contributed by atoms with E-state index in [9.17, 15) is 24.0 Å². The number of hydrogen-bond donors (Lipinski definition) is 7. The van der Waals surface area contributed by atoms with Crippen LogP contribution >= 0.6 is 0 Å². The number of rotatable bonds is 12. The predicted molar refractivity (Wildman–Crippen MR) is 92.4 cm³/mol. The minimum absolute atomic E-state index is 0.0591. The number of nitrogens with one attached hydrogen (secondary N) is 3. The van der Waals surface area contributed by atoms with Gasteiger partial charge in [0.1, 0.15) is 12.1 Å². The van der Waals surface area contributed by atoms with Gasteiger partial charge < -0.3 is 37.3 Å². The summed E-state index contributed by atoms with van der Waals surface area (Å²) in [6.45, 7) is 0. The van der Waals surface area contributed by atoms with Gasteiger partial charge in [-0.2, -0.15) is 0 Å². The fourth-order valence-corrected chi connectivity index (χ4v) is 2.20. The summed E-state index contributed by atoms with van der Waals surface area (Å²) in [5.41, 5.74) is 11.2. The summed E-state index contributed by atoms with van der Waals surface area (Å²) in [5, 5.41) is 22.4. The number of aromatic nitrogens is 2. The summed E-state index contributed by atoms with van der Waals surface area (Å²) in [4.78, 5) is 64.0. The van der Waals surface area contributed by atoms with Gasteiger partial charge in [-0.25, -0.2) is 9.78 Å². The lowest BCUT2D eigenvalue weighted by Gasteiger charge is -2.21. The third kappa shape index (κ3) is 7.82. The van der Waals surface area contributed by atoms with E-state index in [1.54, 1.807) is 0 Å². The highest BCUT2D eigenvalue weighted by molar-refractivity contribution is 5.94. The third-order valence-corrected chi connectivity index (χ3v) is 3.64. The average Bonchev–Trinajstić information content (AvgIpc) is 3.09. The largest absolute Gasteiger partial charge is 0.481 e. The van der Waals surface area contributed by atoms with Crippen LogP contribution in [0.1, 0.15) is 25.0 Å². The van der Waals surface area contributed by atoms with Crippen molar-refractivity contribution in [1.82, 2.24) is 20.6 Å². The maximum atomic E-state index is 12.3. The van der Waals surface area contributed by atoms with E-state index in [0.717, 1.165) is 0 Å². The molecular formula is C15H22N6O7. The van der Waals surface area contributed by atoms with Crippen LogP contribution in [0.15, 0.2) is 12.5 Å². The van der Waals surface area contributed by atoms with Gasteiger partial charge in [0.05, 0.1) is 18.8 Å². The van der Waals surface area contributed by atoms with Gasteiger partial charge in [0.15, 0.2) is 0 Å². The minimum atomic E-state index is -1.56. The van der Waals surface area contributed by atoms with Gasteiger partial charge in [-0.1, -0.05) is 0 Å². The highest BCUT2D eigenvalue weighted by atomic mass is 16.4. The number of amides is 3. The van der Waals surface area contributed by atoms with Gasteiger partial charge in [0.25, 0.3) is 0 Å². The molecule has 0 fully saturated rings. The van der Waals surface area contributed by atoms with E-state index >= 15 is 0 Å². The summed E-state index contributed by atoms with van der Waals surface area (Å²) in [5.74, 6) is -5.44. The molecule has 0 aromatic carbocycles. The van der Waals surface area contributed by atoms with Crippen LogP contribution in [0.3, 0.4) is 0 Å². The number of H-pyrrole nitrogens is 1. The zero-order chi connectivity index (χ0) is 21.3. The van der Waals surface area contributed by atoms with Crippen LogP contribution in [0.5, 0.6) is 0 Å². The Morgan fingerprint density at radius 1 is 1.11 bits per heavy atom. The second-order valence-corrected chi connectivity index (χ2v) is 5.95. The van der Waals surface area contributed by atoms with Crippen molar-refractivity contribution >= 4 is 29.7 Å². The van der Waals surface area contributed by atoms with Gasteiger partial charge in [-0.05, 0) is 6.42 Å². The molecular weight excluding hydrogens is 376 g/mol. The Hall–Kier alpha value is -3.48. The maximum Gasteiger partial charge on any atom is 0.326 e. The molecule has 0 unspecified atom stereocenters.